The van der Waals surface area contributed by atoms with Crippen molar-refractivity contribution in [2.75, 3.05) is 7.11 Å². The van der Waals surface area contributed by atoms with Gasteiger partial charge in [0.2, 0.25) is 10.0 Å². The predicted octanol–water partition coefficient (Wildman–Crippen LogP) is 3.11. The van der Waals surface area contributed by atoms with Crippen LogP contribution in [-0.4, -0.2) is 15.5 Å². The monoisotopic (exact) mass is 347 g/mol. The maximum absolute atomic E-state index is 13.5. The SMILES string of the molecule is COc1ccc(S(=O)(=O)NCc2ccc(F)cc2F)cc1Cl. The second-order valence-corrected chi connectivity index (χ2v) is 6.53. The third kappa shape index (κ3) is 3.73. The standard InChI is InChI=1S/C14H12ClF2NO3S/c1-21-14-5-4-11(7-12(14)15)22(19,20)18-8-9-2-3-10(16)6-13(9)17/h2-7,18H,8H2,1H3. The Hall–Kier alpha value is -1.70. The van der Waals surface area contributed by atoms with Crippen LogP contribution in [0.15, 0.2) is 41.3 Å². The molecule has 0 fully saturated rings. The van der Waals surface area contributed by atoms with Gasteiger partial charge in [0, 0.05) is 18.2 Å². The number of ether oxygens (including phenoxy) is 1. The first-order chi connectivity index (χ1) is 10.3. The van der Waals surface area contributed by atoms with Crippen LogP contribution in [0.1, 0.15) is 5.56 Å². The number of hydrogen-bond donors (Lipinski definition) is 1. The molecule has 0 amide bonds. The molecule has 0 heterocycles. The van der Waals surface area contributed by atoms with E-state index in [2.05, 4.69) is 4.72 Å². The van der Waals surface area contributed by atoms with E-state index in [-0.39, 0.29) is 22.0 Å². The molecule has 0 saturated heterocycles. The van der Waals surface area contributed by atoms with E-state index in [0.29, 0.717) is 11.8 Å². The van der Waals surface area contributed by atoms with E-state index in [0.717, 1.165) is 6.07 Å². The lowest BCUT2D eigenvalue weighted by atomic mass is 10.2. The van der Waals surface area contributed by atoms with E-state index in [9.17, 15) is 17.2 Å². The summed E-state index contributed by atoms with van der Waals surface area (Å²) in [5.74, 6) is -1.22. The lowest BCUT2D eigenvalue weighted by Crippen LogP contribution is -2.23. The molecule has 0 saturated carbocycles. The smallest absolute Gasteiger partial charge is 0.240 e. The van der Waals surface area contributed by atoms with Crippen LogP contribution in [0, 0.1) is 11.6 Å². The number of hydrogen-bond acceptors (Lipinski definition) is 3. The van der Waals surface area contributed by atoms with Gasteiger partial charge >= 0.3 is 0 Å². The summed E-state index contributed by atoms with van der Waals surface area (Å²) in [5.41, 5.74) is 0.0320. The Morgan fingerprint density at radius 1 is 1.18 bits per heavy atom. The number of nitrogens with one attached hydrogen (secondary N) is 1. The van der Waals surface area contributed by atoms with Crippen LogP contribution < -0.4 is 9.46 Å². The van der Waals surface area contributed by atoms with Gasteiger partial charge < -0.3 is 4.74 Å². The number of halogens is 3. The maximum Gasteiger partial charge on any atom is 0.240 e. The van der Waals surface area contributed by atoms with Gasteiger partial charge in [-0.15, -0.1) is 0 Å². The Labute approximate surface area is 131 Å². The molecule has 0 radical (unpaired) electrons. The topological polar surface area (TPSA) is 55.4 Å². The fourth-order valence-electron chi connectivity index (χ4n) is 1.74. The quantitative estimate of drug-likeness (QED) is 0.904. The molecule has 2 aromatic carbocycles. The van der Waals surface area contributed by atoms with Gasteiger partial charge in [0.15, 0.2) is 0 Å². The van der Waals surface area contributed by atoms with Crippen molar-refractivity contribution >= 4 is 21.6 Å². The number of methoxy groups -OCH3 is 1. The number of benzene rings is 2. The lowest BCUT2D eigenvalue weighted by molar-refractivity contribution is 0.414. The largest absolute Gasteiger partial charge is 0.495 e. The molecule has 2 aromatic rings. The maximum atomic E-state index is 13.5. The van der Waals surface area contributed by atoms with Crippen molar-refractivity contribution in [3.05, 3.63) is 58.6 Å². The fraction of sp³-hybridized carbons (Fsp3) is 0.143. The Balaban J connectivity index is 2.19. The highest BCUT2D eigenvalue weighted by Gasteiger charge is 2.16. The van der Waals surface area contributed by atoms with E-state index >= 15 is 0 Å². The van der Waals surface area contributed by atoms with Crippen molar-refractivity contribution in [3.63, 3.8) is 0 Å². The first-order valence-corrected chi connectivity index (χ1v) is 7.97. The molecule has 0 aliphatic carbocycles. The molecule has 0 aliphatic rings. The van der Waals surface area contributed by atoms with E-state index in [1.54, 1.807) is 0 Å². The summed E-state index contributed by atoms with van der Waals surface area (Å²) in [7, 11) is -2.48. The zero-order chi connectivity index (χ0) is 16.3. The molecule has 0 atom stereocenters. The minimum absolute atomic E-state index is 0.0320. The molecular weight excluding hydrogens is 336 g/mol. The molecule has 4 nitrogen and oxygen atoms in total. The van der Waals surface area contributed by atoms with E-state index in [1.807, 2.05) is 0 Å². The second kappa shape index (κ2) is 6.60. The van der Waals surface area contributed by atoms with Gasteiger partial charge in [0.25, 0.3) is 0 Å². The zero-order valence-electron chi connectivity index (χ0n) is 11.4. The third-order valence-corrected chi connectivity index (χ3v) is 4.60. The summed E-state index contributed by atoms with van der Waals surface area (Å²) < 4.78 is 57.7. The third-order valence-electron chi connectivity index (χ3n) is 2.90. The predicted molar refractivity (Wildman–Crippen MR) is 78.4 cm³/mol. The molecular formula is C14H12ClF2NO3S. The van der Waals surface area contributed by atoms with E-state index in [1.165, 1.54) is 31.4 Å². The average Bonchev–Trinajstić information content (AvgIpc) is 2.46. The van der Waals surface area contributed by atoms with E-state index in [4.69, 9.17) is 16.3 Å². The molecule has 22 heavy (non-hydrogen) atoms. The van der Waals surface area contributed by atoms with Gasteiger partial charge in [-0.3, -0.25) is 0 Å². The zero-order valence-corrected chi connectivity index (χ0v) is 13.0. The Bertz CT molecular complexity index is 797. The molecule has 0 spiro atoms. The highest BCUT2D eigenvalue weighted by molar-refractivity contribution is 7.89. The fourth-order valence-corrected chi connectivity index (χ4v) is 3.09. The minimum Gasteiger partial charge on any atom is -0.495 e. The van der Waals surface area contributed by atoms with Gasteiger partial charge in [-0.2, -0.15) is 0 Å². The number of rotatable bonds is 5. The first kappa shape index (κ1) is 16.7. The molecule has 0 aliphatic heterocycles. The van der Waals surface area contributed by atoms with E-state index < -0.39 is 21.7 Å². The van der Waals surface area contributed by atoms with Crippen molar-refractivity contribution in [2.24, 2.45) is 0 Å². The average molecular weight is 348 g/mol. The molecule has 1 N–H and O–H groups in total. The molecule has 2 rings (SSSR count). The second-order valence-electron chi connectivity index (χ2n) is 4.36. The van der Waals surface area contributed by atoms with Crippen molar-refractivity contribution in [3.8, 4) is 5.75 Å². The van der Waals surface area contributed by atoms with Crippen molar-refractivity contribution in [1.29, 1.82) is 0 Å². The van der Waals surface area contributed by atoms with Crippen molar-refractivity contribution in [1.82, 2.24) is 4.72 Å². The van der Waals surface area contributed by atoms with Crippen LogP contribution in [0.4, 0.5) is 8.78 Å². The van der Waals surface area contributed by atoms with Crippen LogP contribution in [0.2, 0.25) is 5.02 Å². The van der Waals surface area contributed by atoms with Gasteiger partial charge in [0.1, 0.15) is 17.4 Å². The highest BCUT2D eigenvalue weighted by atomic mass is 35.5. The summed E-state index contributed by atoms with van der Waals surface area (Å²) >= 11 is 5.88. The Morgan fingerprint density at radius 2 is 1.91 bits per heavy atom. The molecule has 8 heteroatoms. The van der Waals surface area contributed by atoms with Gasteiger partial charge in [-0.1, -0.05) is 17.7 Å². The Kier molecular flexibility index (Phi) is 5.00. The minimum atomic E-state index is -3.88. The molecule has 0 unspecified atom stereocenters. The summed E-state index contributed by atoms with van der Waals surface area (Å²) in [6, 6.07) is 6.87. The Morgan fingerprint density at radius 3 is 2.50 bits per heavy atom. The van der Waals surface area contributed by atoms with Crippen LogP contribution in [0.3, 0.4) is 0 Å². The molecule has 0 aromatic heterocycles. The van der Waals surface area contributed by atoms with Crippen LogP contribution in [-0.2, 0) is 16.6 Å². The van der Waals surface area contributed by atoms with Crippen LogP contribution >= 0.6 is 11.6 Å². The summed E-state index contributed by atoms with van der Waals surface area (Å²) in [6.07, 6.45) is 0. The molecule has 0 bridgehead atoms. The highest BCUT2D eigenvalue weighted by Crippen LogP contribution is 2.26. The van der Waals surface area contributed by atoms with Crippen molar-refractivity contribution < 1.29 is 21.9 Å². The van der Waals surface area contributed by atoms with Gasteiger partial charge in [0.05, 0.1) is 17.0 Å². The molecule has 118 valence electrons. The van der Waals surface area contributed by atoms with Crippen LogP contribution in [0.25, 0.3) is 0 Å². The number of sulfonamides is 1. The summed E-state index contributed by atoms with van der Waals surface area (Å²) in [6.45, 7) is -0.307. The van der Waals surface area contributed by atoms with Crippen molar-refractivity contribution in [2.45, 2.75) is 11.4 Å². The lowest BCUT2D eigenvalue weighted by Gasteiger charge is -2.09. The summed E-state index contributed by atoms with van der Waals surface area (Å²) in [5, 5.41) is 0.137. The normalized spacial score (nSPS) is 11.5. The summed E-state index contributed by atoms with van der Waals surface area (Å²) in [4.78, 5) is -0.0826. The first-order valence-electron chi connectivity index (χ1n) is 6.10. The van der Waals surface area contributed by atoms with Gasteiger partial charge in [-0.05, 0) is 24.3 Å². The van der Waals surface area contributed by atoms with Gasteiger partial charge in [-0.25, -0.2) is 21.9 Å². The van der Waals surface area contributed by atoms with Crippen LogP contribution in [0.5, 0.6) is 5.75 Å².